The van der Waals surface area contributed by atoms with E-state index in [-0.39, 0.29) is 11.1 Å². The molecular weight excluding hydrogens is 377 g/mol. The Balaban J connectivity index is 1.94. The molecule has 3 nitrogen and oxygen atoms in total. The molecule has 1 heterocycles. The molecule has 0 aromatic heterocycles. The molecule has 0 saturated heterocycles. The third kappa shape index (κ3) is 3.37. The molecule has 24 heavy (non-hydrogen) atoms. The zero-order valence-corrected chi connectivity index (χ0v) is 14.5. The van der Waals surface area contributed by atoms with Crippen molar-refractivity contribution in [3.63, 3.8) is 0 Å². The lowest BCUT2D eigenvalue weighted by Gasteiger charge is -2.25. The molecule has 8 heteroatoms. The Bertz CT molecular complexity index is 804. The largest absolute Gasteiger partial charge is 0.322 e. The van der Waals surface area contributed by atoms with Gasteiger partial charge in [-0.15, -0.1) is 11.8 Å². The van der Waals surface area contributed by atoms with Crippen LogP contribution in [-0.4, -0.2) is 11.7 Å². The topological polar surface area (TPSA) is 41.1 Å². The van der Waals surface area contributed by atoms with E-state index >= 15 is 0 Å². The lowest BCUT2D eigenvalue weighted by molar-refractivity contribution is 0.102. The predicted molar refractivity (Wildman–Crippen MR) is 92.8 cm³/mol. The van der Waals surface area contributed by atoms with Crippen LogP contribution in [0.5, 0.6) is 0 Å². The molecule has 1 aliphatic heterocycles. The lowest BCUT2D eigenvalue weighted by Crippen LogP contribution is -2.22. The maximum absolute atomic E-state index is 14.2. The van der Waals surface area contributed by atoms with Gasteiger partial charge in [-0.2, -0.15) is 0 Å². The van der Waals surface area contributed by atoms with Gasteiger partial charge in [0.2, 0.25) is 0 Å². The van der Waals surface area contributed by atoms with Gasteiger partial charge in [-0.05, 0) is 54.3 Å². The molecule has 0 aliphatic carbocycles. The van der Waals surface area contributed by atoms with Gasteiger partial charge in [0.1, 0.15) is 11.6 Å². The zero-order chi connectivity index (χ0) is 17.3. The molecule has 2 N–H and O–H groups in total. The Hall–Kier alpha value is -1.34. The summed E-state index contributed by atoms with van der Waals surface area (Å²) in [5, 5.41) is 2.56. The van der Waals surface area contributed by atoms with Crippen molar-refractivity contribution in [1.29, 1.82) is 0 Å². The number of nitrogens with one attached hydrogen (secondary N) is 2. The Morgan fingerprint density at radius 1 is 1.21 bits per heavy atom. The van der Waals surface area contributed by atoms with E-state index in [1.54, 1.807) is 0 Å². The number of fused-ring (bicyclic) bond motifs is 1. The van der Waals surface area contributed by atoms with Gasteiger partial charge in [0.15, 0.2) is 0 Å². The van der Waals surface area contributed by atoms with Crippen molar-refractivity contribution in [2.45, 2.75) is 17.4 Å². The first kappa shape index (κ1) is 17.5. The maximum atomic E-state index is 14.2. The average molecular weight is 389 g/mol. The molecular formula is C16H12Cl2F2N2OS. The number of anilines is 1. The third-order valence-corrected chi connectivity index (χ3v) is 5.42. The molecule has 0 bridgehead atoms. The maximum Gasteiger partial charge on any atom is 0.256 e. The smallest absolute Gasteiger partial charge is 0.256 e. The quantitative estimate of drug-likeness (QED) is 0.714. The summed E-state index contributed by atoms with van der Waals surface area (Å²) in [6.45, 7) is 0. The Kier molecular flexibility index (Phi) is 5.30. The summed E-state index contributed by atoms with van der Waals surface area (Å²) in [5.74, 6) is -0.683. The van der Waals surface area contributed by atoms with Crippen molar-refractivity contribution in [2.24, 2.45) is 0 Å². The van der Waals surface area contributed by atoms with Gasteiger partial charge < -0.3 is 5.32 Å². The third-order valence-electron chi connectivity index (χ3n) is 3.70. The van der Waals surface area contributed by atoms with Crippen LogP contribution in [0.4, 0.5) is 14.5 Å². The number of thioether (sulfide) groups is 1. The van der Waals surface area contributed by atoms with E-state index in [1.165, 1.54) is 42.1 Å². The molecule has 1 unspecified atom stereocenters. The molecule has 1 amide bonds. The predicted octanol–water partition coefficient (Wildman–Crippen LogP) is 5.15. The van der Waals surface area contributed by atoms with Crippen molar-refractivity contribution in [3.05, 3.63) is 58.1 Å². The molecule has 2 aromatic carbocycles. The van der Waals surface area contributed by atoms with Crippen LogP contribution < -0.4 is 10.2 Å². The molecule has 2 aromatic rings. The first-order chi connectivity index (χ1) is 11.5. The van der Waals surface area contributed by atoms with E-state index in [2.05, 4.69) is 10.2 Å². The Labute approximate surface area is 151 Å². The summed E-state index contributed by atoms with van der Waals surface area (Å²) in [7, 11) is 0. The Morgan fingerprint density at radius 2 is 1.96 bits per heavy atom. The van der Waals surface area contributed by atoms with E-state index in [0.717, 1.165) is 0 Å². The van der Waals surface area contributed by atoms with Crippen LogP contribution in [0.2, 0.25) is 5.02 Å². The molecule has 0 saturated carbocycles. The number of amides is 1. The molecule has 1 atom stereocenters. The highest BCUT2D eigenvalue weighted by Gasteiger charge is 2.28. The SMILES string of the molecule is O=C(Nc1ccc(F)c(Cl)c1)c1ccc(F)c2c1SCCC2NCl. The number of hydrogen-bond donors (Lipinski definition) is 2. The molecule has 126 valence electrons. The highest BCUT2D eigenvalue weighted by molar-refractivity contribution is 7.99. The van der Waals surface area contributed by atoms with E-state index < -0.39 is 17.5 Å². The van der Waals surface area contributed by atoms with Gasteiger partial charge in [0.05, 0.1) is 16.6 Å². The number of benzene rings is 2. The van der Waals surface area contributed by atoms with Crippen molar-refractivity contribution in [2.75, 3.05) is 11.1 Å². The van der Waals surface area contributed by atoms with E-state index in [1.807, 2.05) is 0 Å². The fourth-order valence-electron chi connectivity index (χ4n) is 2.54. The second-order valence-corrected chi connectivity index (χ2v) is 6.95. The zero-order valence-electron chi connectivity index (χ0n) is 12.2. The molecule has 0 fully saturated rings. The van der Waals surface area contributed by atoms with Gasteiger partial charge in [-0.3, -0.25) is 4.79 Å². The molecule has 1 aliphatic rings. The number of carbonyl (C=O) groups excluding carboxylic acids is 1. The van der Waals surface area contributed by atoms with Gasteiger partial charge in [0.25, 0.3) is 5.91 Å². The van der Waals surface area contributed by atoms with E-state index in [9.17, 15) is 13.6 Å². The normalized spacial score (nSPS) is 16.6. The van der Waals surface area contributed by atoms with Crippen molar-refractivity contribution in [1.82, 2.24) is 4.84 Å². The van der Waals surface area contributed by atoms with Gasteiger partial charge >= 0.3 is 0 Å². The number of rotatable bonds is 3. The monoisotopic (exact) mass is 388 g/mol. The van der Waals surface area contributed by atoms with Crippen molar-refractivity contribution >= 4 is 46.7 Å². The van der Waals surface area contributed by atoms with Crippen LogP contribution in [0, 0.1) is 11.6 Å². The van der Waals surface area contributed by atoms with E-state index in [0.29, 0.717) is 33.9 Å². The summed E-state index contributed by atoms with van der Waals surface area (Å²) < 4.78 is 27.4. The summed E-state index contributed by atoms with van der Waals surface area (Å²) in [4.78, 5) is 15.7. The summed E-state index contributed by atoms with van der Waals surface area (Å²) in [5.41, 5.74) is 1.09. The number of carbonyl (C=O) groups is 1. The van der Waals surface area contributed by atoms with E-state index in [4.69, 9.17) is 23.4 Å². The lowest BCUT2D eigenvalue weighted by atomic mass is 10.0. The number of halogens is 4. The fraction of sp³-hybridized carbons (Fsp3) is 0.188. The summed E-state index contributed by atoms with van der Waals surface area (Å²) >= 11 is 12.8. The highest BCUT2D eigenvalue weighted by Crippen LogP contribution is 2.40. The molecule has 0 radical (unpaired) electrons. The first-order valence-electron chi connectivity index (χ1n) is 7.09. The van der Waals surface area contributed by atoms with Crippen molar-refractivity contribution < 1.29 is 13.6 Å². The summed E-state index contributed by atoms with van der Waals surface area (Å²) in [6, 6.07) is 6.22. The second-order valence-electron chi connectivity index (χ2n) is 5.22. The van der Waals surface area contributed by atoms with Crippen LogP contribution >= 0.6 is 35.1 Å². The second kappa shape index (κ2) is 7.27. The molecule has 3 rings (SSSR count). The van der Waals surface area contributed by atoms with Crippen LogP contribution in [-0.2, 0) is 0 Å². The van der Waals surface area contributed by atoms with Gasteiger partial charge in [-0.25, -0.2) is 13.6 Å². The standard InChI is InChI=1S/C16H12Cl2F2N2OS/c17-10-7-8(1-3-11(10)19)21-16(23)9-2-4-12(20)14-13(22-18)5-6-24-15(9)14/h1-4,7,13,22H,5-6H2,(H,21,23). The van der Waals surface area contributed by atoms with Gasteiger partial charge in [0, 0.05) is 16.1 Å². The first-order valence-corrected chi connectivity index (χ1v) is 8.83. The van der Waals surface area contributed by atoms with Gasteiger partial charge in [-0.1, -0.05) is 11.6 Å². The number of hydrogen-bond acceptors (Lipinski definition) is 3. The minimum absolute atomic E-state index is 0.0882. The minimum Gasteiger partial charge on any atom is -0.322 e. The Morgan fingerprint density at radius 3 is 2.67 bits per heavy atom. The molecule has 0 spiro atoms. The van der Waals surface area contributed by atoms with Crippen molar-refractivity contribution in [3.8, 4) is 0 Å². The average Bonchev–Trinajstić information content (AvgIpc) is 2.58. The van der Waals surface area contributed by atoms with Crippen LogP contribution in [0.25, 0.3) is 0 Å². The van der Waals surface area contributed by atoms with Crippen LogP contribution in [0.1, 0.15) is 28.4 Å². The summed E-state index contributed by atoms with van der Waals surface area (Å²) in [6.07, 6.45) is 0.663. The van der Waals surface area contributed by atoms with Crippen LogP contribution in [0.3, 0.4) is 0 Å². The van der Waals surface area contributed by atoms with Crippen LogP contribution in [0.15, 0.2) is 35.2 Å². The minimum atomic E-state index is -0.569. The highest BCUT2D eigenvalue weighted by atomic mass is 35.5. The fourth-order valence-corrected chi connectivity index (χ4v) is 4.21.